The van der Waals surface area contributed by atoms with E-state index in [0.29, 0.717) is 63.8 Å². The zero-order valence-corrected chi connectivity index (χ0v) is 23.4. The Morgan fingerprint density at radius 2 is 1.88 bits per heavy atom. The molecule has 2 aliphatic heterocycles. The molecule has 3 heterocycles. The average Bonchev–Trinajstić information content (AvgIpc) is 3.16. The normalized spacial score (nSPS) is 21.8. The second-order valence-corrected chi connectivity index (χ2v) is 11.4. The number of alkyl halides is 2. The van der Waals surface area contributed by atoms with Gasteiger partial charge in [0.25, 0.3) is 12.3 Å². The molecule has 3 aliphatic rings. The Morgan fingerprint density at radius 1 is 1.17 bits per heavy atom. The van der Waals surface area contributed by atoms with Gasteiger partial charge in [-0.05, 0) is 75.1 Å². The second-order valence-electron chi connectivity index (χ2n) is 10.9. The van der Waals surface area contributed by atoms with Gasteiger partial charge in [0.2, 0.25) is 5.91 Å². The van der Waals surface area contributed by atoms with E-state index in [1.807, 2.05) is 0 Å². The number of ether oxygens (including phenoxy) is 1. The molecule has 0 atom stereocenters. The number of piperidine rings is 1. The lowest BCUT2D eigenvalue weighted by Gasteiger charge is -2.38. The van der Waals surface area contributed by atoms with E-state index in [4.69, 9.17) is 16.3 Å². The quantitative estimate of drug-likeness (QED) is 0.469. The van der Waals surface area contributed by atoms with E-state index in [1.165, 1.54) is 18.2 Å². The minimum absolute atomic E-state index is 0.0787. The van der Waals surface area contributed by atoms with Crippen molar-refractivity contribution in [3.63, 3.8) is 0 Å². The van der Waals surface area contributed by atoms with Gasteiger partial charge in [-0.15, -0.1) is 0 Å². The predicted octanol–water partition coefficient (Wildman–Crippen LogP) is 5.64. The Labute approximate surface area is 241 Å². The van der Waals surface area contributed by atoms with Crippen LogP contribution in [-0.2, 0) is 14.9 Å². The molecule has 1 saturated carbocycles. The third kappa shape index (κ3) is 5.73. The Hall–Kier alpha value is -3.34. The van der Waals surface area contributed by atoms with E-state index in [2.05, 4.69) is 10.3 Å². The molecule has 5 rings (SSSR count). The summed E-state index contributed by atoms with van der Waals surface area (Å²) in [6.07, 6.45) is 1.23. The number of hydrogen-bond donors (Lipinski definition) is 1. The number of amides is 3. The molecule has 0 bridgehead atoms. The molecule has 12 heteroatoms. The van der Waals surface area contributed by atoms with Crippen molar-refractivity contribution in [2.75, 3.05) is 31.1 Å². The highest BCUT2D eigenvalue weighted by molar-refractivity contribution is 6.30. The lowest BCUT2D eigenvalue weighted by Crippen LogP contribution is -2.51. The van der Waals surface area contributed by atoms with Gasteiger partial charge in [-0.3, -0.25) is 14.6 Å². The zero-order chi connectivity index (χ0) is 29.3. The number of aromatic nitrogens is 1. The maximum absolute atomic E-state index is 14.4. The number of halogens is 4. The number of anilines is 1. The highest BCUT2D eigenvalue weighted by atomic mass is 35.5. The van der Waals surface area contributed by atoms with Crippen LogP contribution in [0, 0.1) is 11.7 Å². The minimum Gasteiger partial charge on any atom is -0.450 e. The molecule has 1 spiro atoms. The first-order valence-corrected chi connectivity index (χ1v) is 14.3. The van der Waals surface area contributed by atoms with Crippen LogP contribution in [0.15, 0.2) is 30.5 Å². The number of carbonyl (C=O) groups is 3. The van der Waals surface area contributed by atoms with Crippen molar-refractivity contribution in [1.29, 1.82) is 0 Å². The summed E-state index contributed by atoms with van der Waals surface area (Å²) in [5, 5.41) is 2.93. The lowest BCUT2D eigenvalue weighted by atomic mass is 9.73. The summed E-state index contributed by atoms with van der Waals surface area (Å²) in [7, 11) is 0. The summed E-state index contributed by atoms with van der Waals surface area (Å²) in [6, 6.07) is 5.44. The topological polar surface area (TPSA) is 91.8 Å². The average molecular weight is 593 g/mol. The molecule has 0 radical (unpaired) electrons. The number of pyridine rings is 1. The fourth-order valence-corrected chi connectivity index (χ4v) is 6.54. The molecule has 1 aromatic heterocycles. The Morgan fingerprint density at radius 3 is 2.54 bits per heavy atom. The van der Waals surface area contributed by atoms with E-state index < -0.39 is 35.4 Å². The fourth-order valence-electron chi connectivity index (χ4n) is 6.38. The van der Waals surface area contributed by atoms with Gasteiger partial charge in [0.05, 0.1) is 28.3 Å². The Kier molecular flexibility index (Phi) is 8.45. The molecule has 2 fully saturated rings. The van der Waals surface area contributed by atoms with Crippen LogP contribution in [0.2, 0.25) is 5.02 Å². The lowest BCUT2D eigenvalue weighted by molar-refractivity contribution is -0.125. The molecular weight excluding hydrogens is 561 g/mol. The number of benzene rings is 1. The van der Waals surface area contributed by atoms with E-state index in [-0.39, 0.29) is 35.1 Å². The van der Waals surface area contributed by atoms with Crippen molar-refractivity contribution in [2.24, 2.45) is 5.92 Å². The van der Waals surface area contributed by atoms with Gasteiger partial charge < -0.3 is 19.9 Å². The monoisotopic (exact) mass is 592 g/mol. The number of carbonyl (C=O) groups excluding carboxylic acids is 3. The van der Waals surface area contributed by atoms with E-state index in [1.54, 1.807) is 22.8 Å². The molecule has 0 unspecified atom stereocenters. The third-order valence-corrected chi connectivity index (χ3v) is 8.73. The first-order valence-electron chi connectivity index (χ1n) is 13.9. The summed E-state index contributed by atoms with van der Waals surface area (Å²) in [4.78, 5) is 45.9. The van der Waals surface area contributed by atoms with Crippen LogP contribution < -0.4 is 10.2 Å². The van der Waals surface area contributed by atoms with Gasteiger partial charge in [-0.2, -0.15) is 0 Å². The van der Waals surface area contributed by atoms with E-state index >= 15 is 0 Å². The zero-order valence-electron chi connectivity index (χ0n) is 22.7. The van der Waals surface area contributed by atoms with Crippen molar-refractivity contribution in [3.05, 3.63) is 58.1 Å². The van der Waals surface area contributed by atoms with Crippen molar-refractivity contribution in [2.45, 2.75) is 63.3 Å². The first-order chi connectivity index (χ1) is 19.6. The number of rotatable bonds is 6. The molecule has 2 aromatic rings. The van der Waals surface area contributed by atoms with Gasteiger partial charge in [-0.1, -0.05) is 17.7 Å². The van der Waals surface area contributed by atoms with Crippen LogP contribution in [0.5, 0.6) is 0 Å². The SMILES string of the molecule is CCOC(=O)N1CCC2(CC1)C(=O)N(C[C@H]1CC[C@H](NC(=O)c3cc(Cl)cnc3C(F)F)CC1)c1cc(F)ccc12. The van der Waals surface area contributed by atoms with Gasteiger partial charge in [0.15, 0.2) is 0 Å². The minimum atomic E-state index is -2.91. The van der Waals surface area contributed by atoms with Gasteiger partial charge >= 0.3 is 6.09 Å². The standard InChI is InChI=1S/C29H32ClF3N4O4/c1-2-41-28(40)36-11-9-29(10-12-36)22-8-5-19(31)14-23(22)37(27(29)39)16-17-3-6-20(7-4-17)35-26(38)21-13-18(30)15-34-24(21)25(32)33/h5,8,13-15,17,20,25H,2-4,6-7,9-12,16H2,1H3,(H,35,38)/t17-,20-. The molecule has 1 N–H and O–H groups in total. The fraction of sp³-hybridized carbons (Fsp3) is 0.517. The van der Waals surface area contributed by atoms with Crippen LogP contribution in [0.4, 0.5) is 23.7 Å². The molecule has 1 aromatic carbocycles. The molecule has 8 nitrogen and oxygen atoms in total. The molecular formula is C29H32ClF3N4O4. The van der Waals surface area contributed by atoms with Gasteiger partial charge in [0, 0.05) is 31.9 Å². The summed E-state index contributed by atoms with van der Waals surface area (Å²) in [5.74, 6) is -1.03. The first kappa shape index (κ1) is 29.2. The van der Waals surface area contributed by atoms with Crippen LogP contribution in [0.1, 0.15) is 73.5 Å². The molecule has 220 valence electrons. The van der Waals surface area contributed by atoms with Crippen LogP contribution in [0.3, 0.4) is 0 Å². The number of hydrogen-bond acceptors (Lipinski definition) is 5. The number of fused-ring (bicyclic) bond motifs is 2. The third-order valence-electron chi connectivity index (χ3n) is 8.52. The largest absolute Gasteiger partial charge is 0.450 e. The second kappa shape index (κ2) is 11.9. The predicted molar refractivity (Wildman–Crippen MR) is 146 cm³/mol. The molecule has 1 aliphatic carbocycles. The summed E-state index contributed by atoms with van der Waals surface area (Å²) < 4.78 is 46.2. The summed E-state index contributed by atoms with van der Waals surface area (Å²) in [6.45, 7) is 3.17. The summed E-state index contributed by atoms with van der Waals surface area (Å²) in [5.41, 5.74) is -0.303. The van der Waals surface area contributed by atoms with Crippen molar-refractivity contribution in [1.82, 2.24) is 15.2 Å². The smallest absolute Gasteiger partial charge is 0.409 e. The van der Waals surface area contributed by atoms with E-state index in [9.17, 15) is 27.6 Å². The number of likely N-dealkylation sites (tertiary alicyclic amines) is 1. The summed E-state index contributed by atoms with van der Waals surface area (Å²) >= 11 is 5.89. The Bertz CT molecular complexity index is 1330. The van der Waals surface area contributed by atoms with Gasteiger partial charge in [-0.25, -0.2) is 18.0 Å². The molecule has 41 heavy (non-hydrogen) atoms. The van der Waals surface area contributed by atoms with E-state index in [0.717, 1.165) is 11.8 Å². The van der Waals surface area contributed by atoms with Crippen molar-refractivity contribution in [3.8, 4) is 0 Å². The maximum Gasteiger partial charge on any atom is 0.409 e. The van der Waals surface area contributed by atoms with Crippen molar-refractivity contribution < 1.29 is 32.3 Å². The highest BCUT2D eigenvalue weighted by Crippen LogP contribution is 2.49. The van der Waals surface area contributed by atoms with Crippen LogP contribution in [0.25, 0.3) is 0 Å². The van der Waals surface area contributed by atoms with Gasteiger partial charge in [0.1, 0.15) is 11.5 Å². The molecule has 1 saturated heterocycles. The maximum atomic E-state index is 14.4. The molecule has 3 amide bonds. The Balaban J connectivity index is 1.24. The van der Waals surface area contributed by atoms with Crippen LogP contribution >= 0.6 is 11.6 Å². The highest BCUT2D eigenvalue weighted by Gasteiger charge is 2.53. The number of nitrogens with one attached hydrogen (secondary N) is 1. The number of nitrogens with zero attached hydrogens (tertiary/aromatic N) is 3. The van der Waals surface area contributed by atoms with Crippen LogP contribution in [-0.4, -0.2) is 60.1 Å². The van der Waals surface area contributed by atoms with Crippen molar-refractivity contribution >= 4 is 35.2 Å².